The predicted octanol–water partition coefficient (Wildman–Crippen LogP) is 2.74. The first-order valence-corrected chi connectivity index (χ1v) is 8.04. The molecule has 1 aliphatic rings. The molecule has 2 atom stereocenters. The van der Waals surface area contributed by atoms with Gasteiger partial charge in [-0.2, -0.15) is 0 Å². The zero-order chi connectivity index (χ0) is 16.2. The molecule has 128 valence electrons. The van der Waals surface area contributed by atoms with E-state index in [1.165, 1.54) is 5.56 Å². The Bertz CT molecular complexity index is 660. The van der Waals surface area contributed by atoms with Crippen molar-refractivity contribution >= 4 is 18.3 Å². The molecule has 4 nitrogen and oxygen atoms in total. The molecule has 0 spiro atoms. The third-order valence-corrected chi connectivity index (χ3v) is 4.56. The number of likely N-dealkylation sites (tertiary alicyclic amines) is 1. The monoisotopic (exact) mass is 345 g/mol. The van der Waals surface area contributed by atoms with E-state index in [0.717, 1.165) is 18.5 Å². The third kappa shape index (κ3) is 3.96. The number of halogens is 1. The van der Waals surface area contributed by atoms with Crippen LogP contribution in [0.15, 0.2) is 54.6 Å². The van der Waals surface area contributed by atoms with E-state index >= 15 is 0 Å². The van der Waals surface area contributed by atoms with Gasteiger partial charge < -0.3 is 11.1 Å². The molecule has 0 radical (unpaired) electrons. The highest BCUT2D eigenvalue weighted by molar-refractivity contribution is 5.94. The van der Waals surface area contributed by atoms with Crippen molar-refractivity contribution in [2.24, 2.45) is 5.73 Å². The summed E-state index contributed by atoms with van der Waals surface area (Å²) in [6, 6.07) is 18.2. The lowest BCUT2D eigenvalue weighted by Gasteiger charge is -2.26. The fourth-order valence-electron chi connectivity index (χ4n) is 3.28. The number of benzene rings is 2. The summed E-state index contributed by atoms with van der Waals surface area (Å²) >= 11 is 0. The molecule has 0 aliphatic carbocycles. The second-order valence-electron chi connectivity index (χ2n) is 6.11. The van der Waals surface area contributed by atoms with Crippen molar-refractivity contribution in [1.82, 2.24) is 10.2 Å². The Morgan fingerprint density at radius 2 is 1.83 bits per heavy atom. The van der Waals surface area contributed by atoms with Gasteiger partial charge in [0.05, 0.1) is 12.1 Å². The molecule has 1 fully saturated rings. The van der Waals surface area contributed by atoms with Crippen molar-refractivity contribution in [3.8, 4) is 0 Å². The Balaban J connectivity index is 0.00000208. The molecule has 5 heteroatoms. The smallest absolute Gasteiger partial charge is 0.251 e. The molecule has 1 amide bonds. The maximum atomic E-state index is 12.5. The van der Waals surface area contributed by atoms with Crippen LogP contribution in [0.25, 0.3) is 0 Å². The molecular formula is C19H24ClN3O. The number of hydrogen-bond donors (Lipinski definition) is 2. The van der Waals surface area contributed by atoms with E-state index in [9.17, 15) is 4.79 Å². The largest absolute Gasteiger partial charge is 0.347 e. The van der Waals surface area contributed by atoms with Crippen LogP contribution in [0.1, 0.15) is 33.9 Å². The van der Waals surface area contributed by atoms with Crippen molar-refractivity contribution in [3.05, 3.63) is 71.3 Å². The summed E-state index contributed by atoms with van der Waals surface area (Å²) in [6.45, 7) is 1.47. The van der Waals surface area contributed by atoms with Gasteiger partial charge in [-0.3, -0.25) is 9.69 Å². The normalized spacial score (nSPS) is 20.4. The first-order valence-electron chi connectivity index (χ1n) is 8.04. The summed E-state index contributed by atoms with van der Waals surface area (Å²) in [7, 11) is 2.11. The second kappa shape index (κ2) is 8.29. The number of hydrogen-bond acceptors (Lipinski definition) is 3. The van der Waals surface area contributed by atoms with Gasteiger partial charge in [0.2, 0.25) is 0 Å². The van der Waals surface area contributed by atoms with Crippen molar-refractivity contribution in [3.63, 3.8) is 0 Å². The van der Waals surface area contributed by atoms with Gasteiger partial charge in [-0.15, -0.1) is 12.4 Å². The summed E-state index contributed by atoms with van der Waals surface area (Å²) in [6.07, 6.45) is 0.961. The molecule has 3 rings (SSSR count). The molecule has 0 bridgehead atoms. The van der Waals surface area contributed by atoms with Crippen molar-refractivity contribution in [2.45, 2.75) is 25.0 Å². The van der Waals surface area contributed by atoms with Crippen LogP contribution in [0.2, 0.25) is 0 Å². The van der Waals surface area contributed by atoms with E-state index < -0.39 is 0 Å². The molecule has 1 heterocycles. The molecule has 0 saturated carbocycles. The minimum atomic E-state index is -0.0187. The molecular weight excluding hydrogens is 322 g/mol. The van der Waals surface area contributed by atoms with Crippen LogP contribution in [0, 0.1) is 0 Å². The molecule has 2 aromatic rings. The van der Waals surface area contributed by atoms with Gasteiger partial charge in [-0.1, -0.05) is 42.5 Å². The summed E-state index contributed by atoms with van der Waals surface area (Å²) in [5.74, 6) is -0.0187. The van der Waals surface area contributed by atoms with E-state index in [-0.39, 0.29) is 30.4 Å². The topological polar surface area (TPSA) is 58.4 Å². The lowest BCUT2D eigenvalue weighted by Crippen LogP contribution is -2.38. The Labute approximate surface area is 149 Å². The molecule has 2 aromatic carbocycles. The highest BCUT2D eigenvalue weighted by atomic mass is 35.5. The number of amides is 1. The first kappa shape index (κ1) is 18.5. The zero-order valence-electron chi connectivity index (χ0n) is 13.8. The number of rotatable bonds is 4. The zero-order valence-corrected chi connectivity index (χ0v) is 14.6. The molecule has 2 unspecified atom stereocenters. The van der Waals surface area contributed by atoms with Gasteiger partial charge in [0, 0.05) is 18.7 Å². The fraction of sp³-hybridized carbons (Fsp3) is 0.316. The lowest BCUT2D eigenvalue weighted by atomic mass is 10.00. The van der Waals surface area contributed by atoms with Crippen LogP contribution in [-0.2, 0) is 6.54 Å². The third-order valence-electron chi connectivity index (χ3n) is 4.56. The molecule has 24 heavy (non-hydrogen) atoms. The van der Waals surface area contributed by atoms with Gasteiger partial charge >= 0.3 is 0 Å². The summed E-state index contributed by atoms with van der Waals surface area (Å²) < 4.78 is 0. The van der Waals surface area contributed by atoms with E-state index in [1.807, 2.05) is 42.5 Å². The van der Waals surface area contributed by atoms with Gasteiger partial charge in [0.15, 0.2) is 0 Å². The van der Waals surface area contributed by atoms with Gasteiger partial charge in [-0.25, -0.2) is 0 Å². The van der Waals surface area contributed by atoms with E-state index in [4.69, 9.17) is 5.73 Å². The minimum Gasteiger partial charge on any atom is -0.347 e. The quantitative estimate of drug-likeness (QED) is 0.895. The van der Waals surface area contributed by atoms with E-state index in [0.29, 0.717) is 12.1 Å². The Morgan fingerprint density at radius 1 is 1.17 bits per heavy atom. The SMILES string of the molecule is CN1CCC(NC(=O)c2ccc(CN)cc2)C1c1ccccc1.Cl. The minimum absolute atomic E-state index is 0. The first-order chi connectivity index (χ1) is 11.2. The maximum absolute atomic E-state index is 12.5. The van der Waals surface area contributed by atoms with Crippen LogP contribution in [0.5, 0.6) is 0 Å². The average molecular weight is 346 g/mol. The van der Waals surface area contributed by atoms with Gasteiger partial charge in [-0.05, 0) is 36.7 Å². The molecule has 3 N–H and O–H groups in total. The van der Waals surface area contributed by atoms with E-state index in [2.05, 4.69) is 29.4 Å². The summed E-state index contributed by atoms with van der Waals surface area (Å²) in [5, 5.41) is 3.20. The van der Waals surface area contributed by atoms with Crippen LogP contribution in [0.3, 0.4) is 0 Å². The highest BCUT2D eigenvalue weighted by Gasteiger charge is 2.33. The maximum Gasteiger partial charge on any atom is 0.251 e. The predicted molar refractivity (Wildman–Crippen MR) is 99.3 cm³/mol. The van der Waals surface area contributed by atoms with Crippen LogP contribution >= 0.6 is 12.4 Å². The summed E-state index contributed by atoms with van der Waals surface area (Å²) in [5.41, 5.74) is 8.56. The van der Waals surface area contributed by atoms with Gasteiger partial charge in [0.25, 0.3) is 5.91 Å². The highest BCUT2D eigenvalue weighted by Crippen LogP contribution is 2.30. The number of nitrogens with two attached hydrogens (primary N) is 1. The van der Waals surface area contributed by atoms with Crippen molar-refractivity contribution < 1.29 is 4.79 Å². The number of nitrogens with zero attached hydrogens (tertiary/aromatic N) is 1. The van der Waals surface area contributed by atoms with Crippen molar-refractivity contribution in [2.75, 3.05) is 13.6 Å². The average Bonchev–Trinajstić information content (AvgIpc) is 2.96. The number of carbonyl (C=O) groups is 1. The second-order valence-corrected chi connectivity index (χ2v) is 6.11. The standard InChI is InChI=1S/C19H23N3O.ClH/c1-22-12-11-17(18(22)15-5-3-2-4-6-15)21-19(23)16-9-7-14(13-20)8-10-16;/h2-10,17-18H,11-13,20H2,1H3,(H,21,23);1H. The molecule has 0 aromatic heterocycles. The molecule has 1 saturated heterocycles. The molecule has 1 aliphatic heterocycles. The Hall–Kier alpha value is -1.88. The van der Waals surface area contributed by atoms with Crippen molar-refractivity contribution in [1.29, 1.82) is 0 Å². The number of likely N-dealkylation sites (N-methyl/N-ethyl adjacent to an activating group) is 1. The number of nitrogens with one attached hydrogen (secondary N) is 1. The van der Waals surface area contributed by atoms with Crippen LogP contribution < -0.4 is 11.1 Å². The van der Waals surface area contributed by atoms with Gasteiger partial charge in [0.1, 0.15) is 0 Å². The number of carbonyl (C=O) groups excluding carboxylic acids is 1. The van der Waals surface area contributed by atoms with E-state index in [1.54, 1.807) is 0 Å². The van der Waals surface area contributed by atoms with Crippen LogP contribution in [-0.4, -0.2) is 30.4 Å². The summed E-state index contributed by atoms with van der Waals surface area (Å²) in [4.78, 5) is 14.8. The Kier molecular flexibility index (Phi) is 6.37. The Morgan fingerprint density at radius 3 is 2.46 bits per heavy atom. The fourth-order valence-corrected chi connectivity index (χ4v) is 3.28. The lowest BCUT2D eigenvalue weighted by molar-refractivity contribution is 0.0927. The van der Waals surface area contributed by atoms with Crippen LogP contribution in [0.4, 0.5) is 0 Å².